The first-order chi connectivity index (χ1) is 8.02. The van der Waals surface area contributed by atoms with Gasteiger partial charge < -0.3 is 9.84 Å². The Morgan fingerprint density at radius 1 is 1.59 bits per heavy atom. The van der Waals surface area contributed by atoms with Crippen LogP contribution in [0, 0.1) is 5.82 Å². The molecule has 1 aliphatic heterocycles. The Morgan fingerprint density at radius 3 is 2.88 bits per heavy atom. The van der Waals surface area contributed by atoms with Crippen LogP contribution in [0.5, 0.6) is 0 Å². The van der Waals surface area contributed by atoms with Crippen LogP contribution in [-0.4, -0.2) is 33.5 Å². The van der Waals surface area contributed by atoms with Gasteiger partial charge in [0.2, 0.25) is 5.82 Å². The number of hydrogen-bond donors (Lipinski definition) is 2. The number of rotatable bonds is 2. The van der Waals surface area contributed by atoms with E-state index in [-0.39, 0.29) is 6.42 Å². The largest absolute Gasteiger partial charge is 0.394 e. The third-order valence-corrected chi connectivity index (χ3v) is 2.58. The van der Waals surface area contributed by atoms with Crippen LogP contribution in [0.3, 0.4) is 0 Å². The van der Waals surface area contributed by atoms with Gasteiger partial charge in [-0.05, 0) is 0 Å². The standard InChI is InChI=1S/C9H10F2N2O4/c10-4-1-7(17-6(4)3-14)13-2-5(11)8(15)12-9(13)16/h2,4,6-7,14H,1,3H2,(H,12,15,16)/t4-,6+,7+/m0/s1. The number of nitrogens with zero attached hydrogens (tertiary/aromatic N) is 1. The number of aliphatic hydroxyl groups excluding tert-OH is 1. The fraction of sp³-hybridized carbons (Fsp3) is 0.556. The molecule has 6 nitrogen and oxygen atoms in total. The molecular formula is C9H10F2N2O4. The molecule has 94 valence electrons. The molecule has 0 unspecified atom stereocenters. The van der Waals surface area contributed by atoms with Crippen LogP contribution in [0.1, 0.15) is 12.6 Å². The predicted molar refractivity (Wildman–Crippen MR) is 51.8 cm³/mol. The molecule has 1 fully saturated rings. The van der Waals surface area contributed by atoms with Crippen molar-refractivity contribution in [2.75, 3.05) is 6.61 Å². The molecule has 0 aromatic carbocycles. The highest BCUT2D eigenvalue weighted by Crippen LogP contribution is 2.29. The SMILES string of the molecule is O=c1[nH]c(=O)n([C@H]2C[C@H](F)[C@@H](CO)O2)cc1F. The molecule has 1 saturated heterocycles. The Kier molecular flexibility index (Phi) is 3.07. The van der Waals surface area contributed by atoms with E-state index < -0.39 is 42.2 Å². The Hall–Kier alpha value is -1.54. The molecule has 2 N–H and O–H groups in total. The maximum atomic E-state index is 13.3. The summed E-state index contributed by atoms with van der Waals surface area (Å²) in [6.45, 7) is -0.530. The fourth-order valence-electron chi connectivity index (χ4n) is 1.70. The summed E-state index contributed by atoms with van der Waals surface area (Å²) >= 11 is 0. The molecule has 0 bridgehead atoms. The number of hydrogen-bond acceptors (Lipinski definition) is 4. The summed E-state index contributed by atoms with van der Waals surface area (Å²) < 4.78 is 32.1. The van der Waals surface area contributed by atoms with Gasteiger partial charge in [-0.2, -0.15) is 4.39 Å². The number of ether oxygens (including phenoxy) is 1. The van der Waals surface area contributed by atoms with Gasteiger partial charge in [-0.25, -0.2) is 9.18 Å². The molecule has 1 aromatic heterocycles. The lowest BCUT2D eigenvalue weighted by Gasteiger charge is -2.13. The predicted octanol–water partition coefficient (Wildman–Crippen LogP) is -0.706. The summed E-state index contributed by atoms with van der Waals surface area (Å²) in [4.78, 5) is 23.9. The smallest absolute Gasteiger partial charge is 0.330 e. The summed E-state index contributed by atoms with van der Waals surface area (Å²) in [5.41, 5.74) is -2.02. The van der Waals surface area contributed by atoms with Crippen LogP contribution in [0.4, 0.5) is 8.78 Å². The molecular weight excluding hydrogens is 238 g/mol. The Morgan fingerprint density at radius 2 is 2.29 bits per heavy atom. The zero-order chi connectivity index (χ0) is 12.6. The molecule has 0 spiro atoms. The highest BCUT2D eigenvalue weighted by molar-refractivity contribution is 4.91. The van der Waals surface area contributed by atoms with E-state index in [9.17, 15) is 18.4 Å². The van der Waals surface area contributed by atoms with Crippen LogP contribution < -0.4 is 11.2 Å². The highest BCUT2D eigenvalue weighted by Gasteiger charge is 2.36. The summed E-state index contributed by atoms with van der Waals surface area (Å²) in [6, 6.07) is 0. The van der Waals surface area contributed by atoms with Crippen LogP contribution >= 0.6 is 0 Å². The van der Waals surface area contributed by atoms with Gasteiger partial charge in [0.05, 0.1) is 12.8 Å². The van der Waals surface area contributed by atoms with E-state index >= 15 is 0 Å². The summed E-state index contributed by atoms with van der Waals surface area (Å²) in [6.07, 6.45) is -3.02. The van der Waals surface area contributed by atoms with Gasteiger partial charge in [0.25, 0.3) is 5.56 Å². The van der Waals surface area contributed by atoms with Crippen LogP contribution in [0.15, 0.2) is 15.8 Å². The Labute approximate surface area is 93.5 Å². The van der Waals surface area contributed by atoms with Crippen molar-refractivity contribution in [3.05, 3.63) is 32.9 Å². The minimum Gasteiger partial charge on any atom is -0.394 e. The Balaban J connectivity index is 2.34. The van der Waals surface area contributed by atoms with Gasteiger partial charge in [0.1, 0.15) is 18.5 Å². The molecule has 8 heteroatoms. The Bertz CT molecular complexity index is 526. The molecule has 0 aliphatic carbocycles. The van der Waals surface area contributed by atoms with Crippen molar-refractivity contribution >= 4 is 0 Å². The zero-order valence-corrected chi connectivity index (χ0v) is 8.60. The van der Waals surface area contributed by atoms with Gasteiger partial charge in [-0.3, -0.25) is 14.3 Å². The molecule has 0 saturated carbocycles. The number of aromatic amines is 1. The van der Waals surface area contributed by atoms with Crippen LogP contribution in [0.25, 0.3) is 0 Å². The average molecular weight is 248 g/mol. The van der Waals surface area contributed by atoms with Crippen molar-refractivity contribution in [3.63, 3.8) is 0 Å². The monoisotopic (exact) mass is 248 g/mol. The molecule has 1 aromatic rings. The second-order valence-electron chi connectivity index (χ2n) is 3.71. The fourth-order valence-corrected chi connectivity index (χ4v) is 1.70. The molecule has 1 aliphatic rings. The lowest BCUT2D eigenvalue weighted by atomic mass is 10.2. The van der Waals surface area contributed by atoms with Gasteiger partial charge in [0, 0.05) is 6.42 Å². The van der Waals surface area contributed by atoms with E-state index in [1.807, 2.05) is 0 Å². The maximum absolute atomic E-state index is 13.3. The summed E-state index contributed by atoms with van der Waals surface area (Å²) in [5, 5.41) is 8.78. The van der Waals surface area contributed by atoms with Gasteiger partial charge in [-0.15, -0.1) is 0 Å². The molecule has 17 heavy (non-hydrogen) atoms. The van der Waals surface area contributed by atoms with Crippen molar-refractivity contribution in [2.45, 2.75) is 24.9 Å². The molecule has 3 atom stereocenters. The highest BCUT2D eigenvalue weighted by atomic mass is 19.1. The van der Waals surface area contributed by atoms with Crippen LogP contribution in [0.2, 0.25) is 0 Å². The van der Waals surface area contributed by atoms with Crippen molar-refractivity contribution in [3.8, 4) is 0 Å². The van der Waals surface area contributed by atoms with Gasteiger partial charge in [-0.1, -0.05) is 0 Å². The third-order valence-electron chi connectivity index (χ3n) is 2.58. The van der Waals surface area contributed by atoms with Gasteiger partial charge >= 0.3 is 5.69 Å². The van der Waals surface area contributed by atoms with E-state index in [2.05, 4.69) is 0 Å². The molecule has 0 amide bonds. The molecule has 2 heterocycles. The lowest BCUT2D eigenvalue weighted by molar-refractivity contribution is -0.0359. The number of H-pyrrole nitrogens is 1. The first kappa shape index (κ1) is 11.9. The van der Waals surface area contributed by atoms with E-state index in [1.54, 1.807) is 4.98 Å². The maximum Gasteiger partial charge on any atom is 0.330 e. The second-order valence-corrected chi connectivity index (χ2v) is 3.71. The van der Waals surface area contributed by atoms with E-state index in [4.69, 9.17) is 9.84 Å². The molecule has 0 radical (unpaired) electrons. The van der Waals surface area contributed by atoms with E-state index in [0.29, 0.717) is 6.20 Å². The number of halogens is 2. The van der Waals surface area contributed by atoms with Crippen molar-refractivity contribution in [1.82, 2.24) is 9.55 Å². The number of nitrogens with one attached hydrogen (secondary N) is 1. The first-order valence-electron chi connectivity index (χ1n) is 4.94. The number of alkyl halides is 1. The summed E-state index contributed by atoms with van der Waals surface area (Å²) in [7, 11) is 0. The van der Waals surface area contributed by atoms with Crippen molar-refractivity contribution in [2.24, 2.45) is 0 Å². The van der Waals surface area contributed by atoms with E-state index in [1.165, 1.54) is 0 Å². The number of aliphatic hydroxyl groups is 1. The van der Waals surface area contributed by atoms with Gasteiger partial charge in [0.15, 0.2) is 0 Å². The number of aromatic nitrogens is 2. The molecule has 2 rings (SSSR count). The first-order valence-corrected chi connectivity index (χ1v) is 4.94. The lowest BCUT2D eigenvalue weighted by Crippen LogP contribution is -2.34. The normalized spacial score (nSPS) is 28.5. The minimum atomic E-state index is -1.44. The second kappa shape index (κ2) is 4.38. The summed E-state index contributed by atoms with van der Waals surface area (Å²) in [5.74, 6) is -1.16. The van der Waals surface area contributed by atoms with Crippen LogP contribution in [-0.2, 0) is 4.74 Å². The zero-order valence-electron chi connectivity index (χ0n) is 8.60. The quantitative estimate of drug-likeness (QED) is 0.724. The van der Waals surface area contributed by atoms with E-state index in [0.717, 1.165) is 4.57 Å². The minimum absolute atomic E-state index is 0.184. The average Bonchev–Trinajstić information content (AvgIpc) is 2.65. The van der Waals surface area contributed by atoms with Crippen molar-refractivity contribution < 1.29 is 18.6 Å². The topological polar surface area (TPSA) is 84.3 Å². The third kappa shape index (κ3) is 2.13. The van der Waals surface area contributed by atoms with Crippen molar-refractivity contribution in [1.29, 1.82) is 0 Å².